The van der Waals surface area contributed by atoms with Gasteiger partial charge in [-0.1, -0.05) is 12.1 Å². The highest BCUT2D eigenvalue weighted by molar-refractivity contribution is 6.06. The van der Waals surface area contributed by atoms with Crippen LogP contribution in [0.1, 0.15) is 16.7 Å². The number of nitrogens with two attached hydrogens (primary N) is 1. The lowest BCUT2D eigenvalue weighted by Crippen LogP contribution is -1.97. The number of allylic oxidation sites excluding steroid dienone is 1. The lowest BCUT2D eigenvalue weighted by Gasteiger charge is -2.03. The van der Waals surface area contributed by atoms with Gasteiger partial charge in [-0.2, -0.15) is 0 Å². The third-order valence-corrected chi connectivity index (χ3v) is 2.08. The van der Waals surface area contributed by atoms with Crippen molar-refractivity contribution in [3.05, 3.63) is 47.2 Å². The van der Waals surface area contributed by atoms with Crippen LogP contribution in [0.2, 0.25) is 0 Å². The van der Waals surface area contributed by atoms with Crippen LogP contribution in [0.4, 0.5) is 0 Å². The van der Waals surface area contributed by atoms with Crippen LogP contribution in [0.25, 0.3) is 0 Å². The molecule has 3 N–H and O–H groups in total. The number of aryl methyl sites for hydroxylation is 2. The predicted octanol–water partition coefficient (Wildman–Crippen LogP) is 2.14. The first kappa shape index (κ1) is 9.52. The first-order valence-electron chi connectivity index (χ1n) is 4.19. The van der Waals surface area contributed by atoms with E-state index < -0.39 is 0 Å². The van der Waals surface area contributed by atoms with E-state index in [9.17, 15) is 0 Å². The highest BCUT2D eigenvalue weighted by atomic mass is 14.5. The molecule has 0 saturated heterocycles. The van der Waals surface area contributed by atoms with Gasteiger partial charge in [0, 0.05) is 0 Å². The van der Waals surface area contributed by atoms with Crippen molar-refractivity contribution in [2.24, 2.45) is 5.73 Å². The van der Waals surface area contributed by atoms with E-state index in [4.69, 9.17) is 11.1 Å². The Balaban J connectivity index is 3.04. The highest BCUT2D eigenvalue weighted by Gasteiger charge is 1.98. The van der Waals surface area contributed by atoms with Gasteiger partial charge in [0.2, 0.25) is 0 Å². The Morgan fingerprint density at radius 1 is 1.31 bits per heavy atom. The van der Waals surface area contributed by atoms with E-state index in [0.717, 1.165) is 5.56 Å². The summed E-state index contributed by atoms with van der Waals surface area (Å²) >= 11 is 0. The number of nitrogens with one attached hydrogen (secondary N) is 1. The van der Waals surface area contributed by atoms with Gasteiger partial charge >= 0.3 is 0 Å². The maximum Gasteiger partial charge on any atom is 0.0626 e. The zero-order valence-electron chi connectivity index (χ0n) is 7.96. The fourth-order valence-electron chi connectivity index (χ4n) is 1.10. The molecule has 2 nitrogen and oxygen atoms in total. The van der Waals surface area contributed by atoms with Crippen LogP contribution < -0.4 is 5.73 Å². The zero-order chi connectivity index (χ0) is 9.84. The summed E-state index contributed by atoms with van der Waals surface area (Å²) in [4.78, 5) is 0. The first-order valence-corrected chi connectivity index (χ1v) is 4.19. The second-order valence-electron chi connectivity index (χ2n) is 3.07. The van der Waals surface area contributed by atoms with E-state index >= 15 is 0 Å². The van der Waals surface area contributed by atoms with Crippen molar-refractivity contribution < 1.29 is 0 Å². The van der Waals surface area contributed by atoms with Crippen molar-refractivity contribution in [1.29, 1.82) is 5.41 Å². The number of benzene rings is 1. The smallest absolute Gasteiger partial charge is 0.0626 e. The van der Waals surface area contributed by atoms with Crippen LogP contribution >= 0.6 is 0 Å². The molecule has 0 radical (unpaired) electrons. The maximum atomic E-state index is 7.63. The van der Waals surface area contributed by atoms with Gasteiger partial charge < -0.3 is 11.1 Å². The Bertz CT molecular complexity index is 351. The van der Waals surface area contributed by atoms with E-state index in [-0.39, 0.29) is 0 Å². The quantitative estimate of drug-likeness (QED) is 0.663. The van der Waals surface area contributed by atoms with Gasteiger partial charge in [0.15, 0.2) is 0 Å². The summed E-state index contributed by atoms with van der Waals surface area (Å²) in [5, 5.41) is 7.63. The van der Waals surface area contributed by atoms with Crippen LogP contribution in [0.5, 0.6) is 0 Å². The summed E-state index contributed by atoms with van der Waals surface area (Å²) in [7, 11) is 0. The van der Waals surface area contributed by atoms with Crippen LogP contribution in [-0.2, 0) is 0 Å². The molecule has 0 amide bonds. The minimum atomic E-state index is 0.450. The molecular weight excluding hydrogens is 160 g/mol. The van der Waals surface area contributed by atoms with Crippen molar-refractivity contribution in [3.8, 4) is 0 Å². The third kappa shape index (κ3) is 2.18. The molecular formula is C11H14N2. The van der Waals surface area contributed by atoms with E-state index in [2.05, 4.69) is 6.92 Å². The molecule has 1 aromatic carbocycles. The fraction of sp³-hybridized carbons (Fsp3) is 0.182. The van der Waals surface area contributed by atoms with Crippen LogP contribution in [-0.4, -0.2) is 5.71 Å². The Hall–Kier alpha value is -1.57. The molecule has 68 valence electrons. The molecule has 0 aliphatic carbocycles. The molecule has 1 aromatic rings. The summed E-state index contributed by atoms with van der Waals surface area (Å²) in [6, 6.07) is 5.95. The van der Waals surface area contributed by atoms with E-state index in [1.54, 1.807) is 6.08 Å². The molecule has 0 aromatic heterocycles. The summed E-state index contributed by atoms with van der Waals surface area (Å²) < 4.78 is 0. The molecule has 1 rings (SSSR count). The molecule has 0 heterocycles. The minimum absolute atomic E-state index is 0.450. The zero-order valence-corrected chi connectivity index (χ0v) is 7.96. The van der Waals surface area contributed by atoms with Gasteiger partial charge in [0.1, 0.15) is 0 Å². The van der Waals surface area contributed by atoms with Gasteiger partial charge in [-0.3, -0.25) is 0 Å². The predicted molar refractivity (Wildman–Crippen MR) is 56.1 cm³/mol. The number of rotatable bonds is 2. The van der Waals surface area contributed by atoms with Gasteiger partial charge in [-0.05, 0) is 48.9 Å². The second kappa shape index (κ2) is 3.90. The standard InChI is InChI=1S/C11H14N2/c1-8-3-4-10(7-9(8)2)11(13)5-6-12/h3-7,13H,12H2,1-2H3/b6-5-,13-11?. The minimum Gasteiger partial charge on any atom is -0.405 e. The van der Waals surface area contributed by atoms with Crippen molar-refractivity contribution in [1.82, 2.24) is 0 Å². The molecule has 13 heavy (non-hydrogen) atoms. The summed E-state index contributed by atoms with van der Waals surface area (Å²) in [6.07, 6.45) is 2.97. The Labute approximate surface area is 78.6 Å². The largest absolute Gasteiger partial charge is 0.405 e. The van der Waals surface area contributed by atoms with Crippen LogP contribution in [0, 0.1) is 19.3 Å². The highest BCUT2D eigenvalue weighted by Crippen LogP contribution is 2.10. The molecule has 0 saturated carbocycles. The molecule has 0 aliphatic rings. The molecule has 2 heteroatoms. The summed E-state index contributed by atoms with van der Waals surface area (Å²) in [5.41, 5.74) is 9.02. The normalized spacial score (nSPS) is 10.6. The summed E-state index contributed by atoms with van der Waals surface area (Å²) in [5.74, 6) is 0. The van der Waals surface area contributed by atoms with Gasteiger partial charge in [-0.25, -0.2) is 0 Å². The van der Waals surface area contributed by atoms with Crippen molar-refractivity contribution in [2.75, 3.05) is 0 Å². The van der Waals surface area contributed by atoms with E-state index in [1.807, 2.05) is 25.1 Å². The Morgan fingerprint density at radius 3 is 2.54 bits per heavy atom. The third-order valence-electron chi connectivity index (χ3n) is 2.08. The maximum absolute atomic E-state index is 7.63. The summed E-state index contributed by atoms with van der Waals surface area (Å²) in [6.45, 7) is 4.10. The van der Waals surface area contributed by atoms with Gasteiger partial charge in [0.05, 0.1) is 5.71 Å². The number of hydrogen-bond donors (Lipinski definition) is 2. The number of hydrogen-bond acceptors (Lipinski definition) is 2. The van der Waals surface area contributed by atoms with Crippen LogP contribution in [0.15, 0.2) is 30.5 Å². The van der Waals surface area contributed by atoms with E-state index in [1.165, 1.54) is 17.3 Å². The lowest BCUT2D eigenvalue weighted by atomic mass is 10.0. The molecule has 0 unspecified atom stereocenters. The van der Waals surface area contributed by atoms with Crippen molar-refractivity contribution in [2.45, 2.75) is 13.8 Å². The first-order chi connectivity index (χ1) is 6.15. The molecule has 0 atom stereocenters. The van der Waals surface area contributed by atoms with E-state index in [0.29, 0.717) is 5.71 Å². The second-order valence-corrected chi connectivity index (χ2v) is 3.07. The lowest BCUT2D eigenvalue weighted by molar-refractivity contribution is 1.33. The van der Waals surface area contributed by atoms with Crippen molar-refractivity contribution >= 4 is 5.71 Å². The monoisotopic (exact) mass is 174 g/mol. The molecule has 0 aliphatic heterocycles. The van der Waals surface area contributed by atoms with Crippen molar-refractivity contribution in [3.63, 3.8) is 0 Å². The SMILES string of the molecule is Cc1ccc(C(=N)/C=C\N)cc1C. The molecule has 0 spiro atoms. The topological polar surface area (TPSA) is 49.9 Å². The Morgan fingerprint density at radius 2 is 2.00 bits per heavy atom. The van der Waals surface area contributed by atoms with Gasteiger partial charge in [0.25, 0.3) is 0 Å². The molecule has 0 fully saturated rings. The molecule has 0 bridgehead atoms. The Kier molecular flexibility index (Phi) is 2.85. The van der Waals surface area contributed by atoms with Crippen LogP contribution in [0.3, 0.4) is 0 Å². The average molecular weight is 174 g/mol. The van der Waals surface area contributed by atoms with Gasteiger partial charge in [-0.15, -0.1) is 0 Å². The fourth-order valence-corrected chi connectivity index (χ4v) is 1.10. The average Bonchev–Trinajstić information content (AvgIpc) is 2.10.